The van der Waals surface area contributed by atoms with Crippen molar-refractivity contribution in [2.24, 2.45) is 0 Å². The lowest BCUT2D eigenvalue weighted by atomic mass is 9.98. The molecule has 3 aromatic rings. The zero-order valence-corrected chi connectivity index (χ0v) is 19.6. The summed E-state index contributed by atoms with van der Waals surface area (Å²) < 4.78 is 16.3. The first-order valence-corrected chi connectivity index (χ1v) is 11.1. The minimum atomic E-state index is -0.791. The molecule has 1 amide bonds. The largest absolute Gasteiger partial charge is 0.490 e. The number of ether oxygens (including phenoxy) is 3. The van der Waals surface area contributed by atoms with Crippen molar-refractivity contribution in [3.8, 4) is 11.5 Å². The van der Waals surface area contributed by atoms with Gasteiger partial charge in [-0.2, -0.15) is 0 Å². The van der Waals surface area contributed by atoms with Crippen LogP contribution in [0.3, 0.4) is 0 Å². The molecule has 0 aliphatic heterocycles. The molecule has 0 fully saturated rings. The third-order valence-corrected chi connectivity index (χ3v) is 4.88. The predicted molar refractivity (Wildman–Crippen MR) is 129 cm³/mol. The van der Waals surface area contributed by atoms with Crippen molar-refractivity contribution in [3.63, 3.8) is 0 Å². The van der Waals surface area contributed by atoms with Gasteiger partial charge in [0.15, 0.2) is 23.9 Å². The van der Waals surface area contributed by atoms with Gasteiger partial charge in [-0.05, 0) is 56.3 Å². The molecule has 1 N–H and O–H groups in total. The summed E-state index contributed by atoms with van der Waals surface area (Å²) in [5.41, 5.74) is 1.000. The van der Waals surface area contributed by atoms with Crippen molar-refractivity contribution in [1.29, 1.82) is 0 Å². The van der Waals surface area contributed by atoms with Gasteiger partial charge in [-0.1, -0.05) is 35.9 Å². The number of halogens is 1. The summed E-state index contributed by atoms with van der Waals surface area (Å²) >= 11 is 5.90. The lowest BCUT2D eigenvalue weighted by Gasteiger charge is -2.13. The normalized spacial score (nSPS) is 10.3. The van der Waals surface area contributed by atoms with E-state index in [1.165, 1.54) is 12.1 Å². The number of hydrogen-bond donors (Lipinski definition) is 1. The van der Waals surface area contributed by atoms with Gasteiger partial charge >= 0.3 is 5.97 Å². The highest BCUT2D eigenvalue weighted by Gasteiger charge is 2.21. The lowest BCUT2D eigenvalue weighted by molar-refractivity contribution is -0.119. The predicted octanol–water partition coefficient (Wildman–Crippen LogP) is 5.16. The molecule has 0 radical (unpaired) electrons. The molecular formula is C26H24ClNO6. The van der Waals surface area contributed by atoms with Crippen LogP contribution in [0, 0.1) is 0 Å². The van der Waals surface area contributed by atoms with Crippen molar-refractivity contribution in [2.75, 3.05) is 25.1 Å². The molecular weight excluding hydrogens is 458 g/mol. The Morgan fingerprint density at radius 3 is 2.24 bits per heavy atom. The molecule has 0 atom stereocenters. The molecule has 8 heteroatoms. The molecule has 0 unspecified atom stereocenters. The maximum Gasteiger partial charge on any atom is 0.339 e. The van der Waals surface area contributed by atoms with E-state index >= 15 is 0 Å². The molecule has 0 heterocycles. The highest BCUT2D eigenvalue weighted by molar-refractivity contribution is 6.30. The Morgan fingerprint density at radius 2 is 1.53 bits per heavy atom. The van der Waals surface area contributed by atoms with E-state index in [1.54, 1.807) is 54.6 Å². The van der Waals surface area contributed by atoms with E-state index in [2.05, 4.69) is 5.32 Å². The molecule has 0 aromatic heterocycles. The average molecular weight is 482 g/mol. The van der Waals surface area contributed by atoms with Gasteiger partial charge in [-0.15, -0.1) is 0 Å². The number of anilines is 1. The Hall–Kier alpha value is -3.84. The average Bonchev–Trinajstić information content (AvgIpc) is 2.83. The van der Waals surface area contributed by atoms with E-state index in [1.807, 2.05) is 13.8 Å². The topological polar surface area (TPSA) is 90.9 Å². The first-order chi connectivity index (χ1) is 16.4. The molecule has 34 heavy (non-hydrogen) atoms. The molecule has 0 saturated heterocycles. The SMILES string of the molecule is CCOc1ccc(C(=O)c2ccccc2C(=O)OCC(=O)Nc2cccc(Cl)c2)cc1OCC. The van der Waals surface area contributed by atoms with Crippen LogP contribution in [0.1, 0.15) is 40.1 Å². The molecule has 0 saturated carbocycles. The first-order valence-electron chi connectivity index (χ1n) is 10.7. The minimum absolute atomic E-state index is 0.0508. The van der Waals surface area contributed by atoms with E-state index in [0.717, 1.165) is 0 Å². The Bertz CT molecular complexity index is 1190. The summed E-state index contributed by atoms with van der Waals surface area (Å²) in [5.74, 6) is -0.749. The van der Waals surface area contributed by atoms with Crippen LogP contribution in [0.5, 0.6) is 11.5 Å². The van der Waals surface area contributed by atoms with Crippen LogP contribution in [0.4, 0.5) is 5.69 Å². The molecule has 0 spiro atoms. The van der Waals surface area contributed by atoms with E-state index in [-0.39, 0.29) is 16.9 Å². The van der Waals surface area contributed by atoms with Gasteiger partial charge in [0.25, 0.3) is 5.91 Å². The molecule has 3 aromatic carbocycles. The summed E-state index contributed by atoms with van der Waals surface area (Å²) in [6.07, 6.45) is 0. The van der Waals surface area contributed by atoms with Gasteiger partial charge in [0.2, 0.25) is 0 Å². The monoisotopic (exact) mass is 481 g/mol. The molecule has 0 aliphatic carbocycles. The van der Waals surface area contributed by atoms with Crippen LogP contribution in [0.25, 0.3) is 0 Å². The number of benzene rings is 3. The fourth-order valence-corrected chi connectivity index (χ4v) is 3.37. The molecule has 0 bridgehead atoms. The third-order valence-electron chi connectivity index (χ3n) is 4.64. The van der Waals surface area contributed by atoms with Gasteiger partial charge < -0.3 is 19.5 Å². The molecule has 176 valence electrons. The second kappa shape index (κ2) is 11.9. The second-order valence-corrected chi connectivity index (χ2v) is 7.47. The molecule has 3 rings (SSSR count). The summed E-state index contributed by atoms with van der Waals surface area (Å²) in [4.78, 5) is 38.1. The number of ketones is 1. The van der Waals surface area contributed by atoms with Gasteiger partial charge in [-0.3, -0.25) is 9.59 Å². The molecule has 7 nitrogen and oxygen atoms in total. The van der Waals surface area contributed by atoms with Crippen molar-refractivity contribution >= 4 is 34.9 Å². The maximum atomic E-state index is 13.2. The quantitative estimate of drug-likeness (QED) is 0.317. The van der Waals surface area contributed by atoms with Crippen molar-refractivity contribution in [2.45, 2.75) is 13.8 Å². The Kier molecular flexibility index (Phi) is 8.65. The van der Waals surface area contributed by atoms with Crippen LogP contribution in [-0.2, 0) is 9.53 Å². The van der Waals surface area contributed by atoms with E-state index < -0.39 is 18.5 Å². The number of nitrogens with one attached hydrogen (secondary N) is 1. The number of carbonyl (C=O) groups is 3. The number of esters is 1. The standard InChI is InChI=1S/C26H24ClNO6/c1-3-32-22-13-12-17(14-23(22)33-4-2)25(30)20-10-5-6-11-21(20)26(31)34-16-24(29)28-19-9-7-8-18(27)15-19/h5-15H,3-4,16H2,1-2H3,(H,28,29). The van der Waals surface area contributed by atoms with Gasteiger partial charge in [0.05, 0.1) is 18.8 Å². The van der Waals surface area contributed by atoms with Crippen LogP contribution >= 0.6 is 11.6 Å². The van der Waals surface area contributed by atoms with Gasteiger partial charge in [0.1, 0.15) is 0 Å². The molecule has 0 aliphatic rings. The Labute approximate surface area is 202 Å². The fourth-order valence-electron chi connectivity index (χ4n) is 3.18. The van der Waals surface area contributed by atoms with Crippen molar-refractivity contribution < 1.29 is 28.6 Å². The lowest BCUT2D eigenvalue weighted by Crippen LogP contribution is -2.22. The number of amides is 1. The van der Waals surface area contributed by atoms with Gasteiger partial charge in [0, 0.05) is 21.8 Å². The third kappa shape index (κ3) is 6.36. The van der Waals surface area contributed by atoms with Crippen LogP contribution in [-0.4, -0.2) is 37.5 Å². The smallest absolute Gasteiger partial charge is 0.339 e. The zero-order valence-electron chi connectivity index (χ0n) is 18.8. The Morgan fingerprint density at radius 1 is 0.824 bits per heavy atom. The second-order valence-electron chi connectivity index (χ2n) is 7.04. The number of rotatable bonds is 10. The zero-order chi connectivity index (χ0) is 24.5. The van der Waals surface area contributed by atoms with Crippen molar-refractivity contribution in [1.82, 2.24) is 0 Å². The first kappa shape index (κ1) is 24.8. The van der Waals surface area contributed by atoms with Crippen LogP contribution in [0.2, 0.25) is 5.02 Å². The number of hydrogen-bond acceptors (Lipinski definition) is 6. The van der Waals surface area contributed by atoms with Crippen LogP contribution in [0.15, 0.2) is 66.7 Å². The summed E-state index contributed by atoms with van der Waals surface area (Å²) in [6, 6.07) is 17.7. The van der Waals surface area contributed by atoms with Gasteiger partial charge in [-0.25, -0.2) is 4.79 Å². The van der Waals surface area contributed by atoms with Crippen molar-refractivity contribution in [3.05, 3.63) is 88.4 Å². The maximum absolute atomic E-state index is 13.2. The summed E-state index contributed by atoms with van der Waals surface area (Å²) in [5, 5.41) is 3.06. The summed E-state index contributed by atoms with van der Waals surface area (Å²) in [6.45, 7) is 4.01. The highest BCUT2D eigenvalue weighted by Crippen LogP contribution is 2.30. The van der Waals surface area contributed by atoms with E-state index in [9.17, 15) is 14.4 Å². The Balaban J connectivity index is 1.74. The van der Waals surface area contributed by atoms with E-state index in [0.29, 0.717) is 41.0 Å². The number of carbonyl (C=O) groups excluding carboxylic acids is 3. The summed E-state index contributed by atoms with van der Waals surface area (Å²) in [7, 11) is 0. The van der Waals surface area contributed by atoms with Crippen LogP contribution < -0.4 is 14.8 Å². The fraction of sp³-hybridized carbons (Fsp3) is 0.192. The van der Waals surface area contributed by atoms with E-state index in [4.69, 9.17) is 25.8 Å². The highest BCUT2D eigenvalue weighted by atomic mass is 35.5. The minimum Gasteiger partial charge on any atom is -0.490 e.